The van der Waals surface area contributed by atoms with Crippen molar-refractivity contribution in [1.82, 2.24) is 15.3 Å². The minimum absolute atomic E-state index is 0.272. The van der Waals surface area contributed by atoms with E-state index in [1.807, 2.05) is 4.90 Å². The SMILES string of the molecule is Cc1cc(C(C)(O)C(F)(F)F)nc(N2C[C@H]3CNC[C@H]3C2)n1. The summed E-state index contributed by atoms with van der Waals surface area (Å²) in [6.45, 7) is 5.63. The Kier molecular flexibility index (Phi) is 3.56. The Hall–Kier alpha value is -1.41. The Balaban J connectivity index is 1.91. The summed E-state index contributed by atoms with van der Waals surface area (Å²) in [5.74, 6) is 1.24. The molecule has 1 aromatic heterocycles. The van der Waals surface area contributed by atoms with Gasteiger partial charge in [0.2, 0.25) is 5.95 Å². The number of rotatable bonds is 2. The molecule has 0 aromatic carbocycles. The van der Waals surface area contributed by atoms with Crippen molar-refractivity contribution in [3.63, 3.8) is 0 Å². The summed E-state index contributed by atoms with van der Waals surface area (Å²) >= 11 is 0. The molecule has 22 heavy (non-hydrogen) atoms. The Morgan fingerprint density at radius 2 is 1.82 bits per heavy atom. The largest absolute Gasteiger partial charge is 0.422 e. The molecular formula is C14H19F3N4O. The lowest BCUT2D eigenvalue weighted by atomic mass is 10.0. The van der Waals surface area contributed by atoms with E-state index in [1.54, 1.807) is 6.92 Å². The zero-order valence-electron chi connectivity index (χ0n) is 12.5. The van der Waals surface area contributed by atoms with E-state index >= 15 is 0 Å². The van der Waals surface area contributed by atoms with Crippen molar-refractivity contribution in [2.75, 3.05) is 31.1 Å². The van der Waals surface area contributed by atoms with Crippen LogP contribution in [0.2, 0.25) is 0 Å². The molecule has 5 nitrogen and oxygen atoms in total. The molecule has 8 heteroatoms. The predicted molar refractivity (Wildman–Crippen MR) is 74.5 cm³/mol. The number of anilines is 1. The molecule has 0 saturated carbocycles. The summed E-state index contributed by atoms with van der Waals surface area (Å²) in [4.78, 5) is 10.2. The molecular weight excluding hydrogens is 297 g/mol. The van der Waals surface area contributed by atoms with Crippen LogP contribution in [-0.4, -0.2) is 47.4 Å². The molecule has 3 atom stereocenters. The van der Waals surface area contributed by atoms with Gasteiger partial charge >= 0.3 is 6.18 Å². The Morgan fingerprint density at radius 3 is 2.36 bits per heavy atom. The van der Waals surface area contributed by atoms with Crippen LogP contribution in [0.1, 0.15) is 18.3 Å². The number of hydrogen-bond acceptors (Lipinski definition) is 5. The first-order valence-electron chi connectivity index (χ1n) is 7.29. The number of halogens is 3. The first kappa shape index (κ1) is 15.5. The second kappa shape index (κ2) is 5.06. The first-order valence-corrected chi connectivity index (χ1v) is 7.29. The van der Waals surface area contributed by atoms with Gasteiger partial charge in [0, 0.05) is 31.9 Å². The molecule has 2 aliphatic rings. The highest BCUT2D eigenvalue weighted by molar-refractivity contribution is 5.36. The predicted octanol–water partition coefficient (Wildman–Crippen LogP) is 1.21. The van der Waals surface area contributed by atoms with Crippen molar-refractivity contribution in [1.29, 1.82) is 0 Å². The van der Waals surface area contributed by atoms with Crippen molar-refractivity contribution in [2.45, 2.75) is 25.6 Å². The molecule has 0 bridgehead atoms. The fraction of sp³-hybridized carbons (Fsp3) is 0.714. The van der Waals surface area contributed by atoms with E-state index in [2.05, 4.69) is 15.3 Å². The standard InChI is InChI=1S/C14H19F3N4O/c1-8-3-11(13(2,22)14(15,16)17)20-12(19-8)21-6-9-4-18-5-10(9)7-21/h3,9-10,18,22H,4-7H2,1-2H3/t9-,10+,13?. The number of hydrogen-bond donors (Lipinski definition) is 2. The van der Waals surface area contributed by atoms with Crippen LogP contribution in [0.5, 0.6) is 0 Å². The lowest BCUT2D eigenvalue weighted by Crippen LogP contribution is -2.40. The maximum absolute atomic E-state index is 13.0. The van der Waals surface area contributed by atoms with Gasteiger partial charge in [-0.25, -0.2) is 9.97 Å². The third-order valence-electron chi connectivity index (χ3n) is 4.57. The molecule has 0 aliphatic carbocycles. The van der Waals surface area contributed by atoms with Crippen LogP contribution in [0.15, 0.2) is 6.07 Å². The Morgan fingerprint density at radius 1 is 1.23 bits per heavy atom. The molecule has 3 heterocycles. The minimum atomic E-state index is -4.78. The van der Waals surface area contributed by atoms with E-state index in [-0.39, 0.29) is 5.95 Å². The van der Waals surface area contributed by atoms with Crippen molar-refractivity contribution in [2.24, 2.45) is 11.8 Å². The van der Waals surface area contributed by atoms with Crippen molar-refractivity contribution in [3.05, 3.63) is 17.5 Å². The van der Waals surface area contributed by atoms with Crippen molar-refractivity contribution in [3.8, 4) is 0 Å². The molecule has 0 radical (unpaired) electrons. The van der Waals surface area contributed by atoms with Gasteiger partial charge < -0.3 is 15.3 Å². The highest BCUT2D eigenvalue weighted by Crippen LogP contribution is 2.38. The van der Waals surface area contributed by atoms with Gasteiger partial charge in [-0.1, -0.05) is 0 Å². The molecule has 2 saturated heterocycles. The van der Waals surface area contributed by atoms with Crippen LogP contribution in [0.3, 0.4) is 0 Å². The van der Waals surface area contributed by atoms with Gasteiger partial charge in [-0.15, -0.1) is 0 Å². The first-order chi connectivity index (χ1) is 10.2. The Labute approximate surface area is 126 Å². The van der Waals surface area contributed by atoms with Gasteiger partial charge in [0.05, 0.1) is 5.69 Å². The summed E-state index contributed by atoms with van der Waals surface area (Å²) in [7, 11) is 0. The summed E-state index contributed by atoms with van der Waals surface area (Å²) in [6.07, 6.45) is -4.78. The third-order valence-corrected chi connectivity index (χ3v) is 4.57. The number of nitrogens with one attached hydrogen (secondary N) is 1. The summed E-state index contributed by atoms with van der Waals surface area (Å²) in [6, 6.07) is 1.19. The lowest BCUT2D eigenvalue weighted by Gasteiger charge is -2.27. The highest BCUT2D eigenvalue weighted by atomic mass is 19.4. The monoisotopic (exact) mass is 316 g/mol. The molecule has 122 valence electrons. The van der Waals surface area contributed by atoms with Crippen LogP contribution >= 0.6 is 0 Å². The molecule has 3 rings (SSSR count). The zero-order valence-corrected chi connectivity index (χ0v) is 12.5. The number of aromatic nitrogens is 2. The maximum atomic E-state index is 13.0. The average Bonchev–Trinajstić information content (AvgIpc) is 2.97. The van der Waals surface area contributed by atoms with Gasteiger partial charge in [0.25, 0.3) is 0 Å². The molecule has 0 amide bonds. The third kappa shape index (κ3) is 2.54. The summed E-state index contributed by atoms with van der Waals surface area (Å²) in [5, 5.41) is 13.1. The zero-order chi connectivity index (χ0) is 16.1. The van der Waals surface area contributed by atoms with Gasteiger partial charge in [-0.05, 0) is 31.7 Å². The second-order valence-electron chi connectivity index (χ2n) is 6.35. The number of aryl methyl sites for hydroxylation is 1. The molecule has 2 aliphatic heterocycles. The van der Waals surface area contributed by atoms with E-state index in [4.69, 9.17) is 0 Å². The number of aliphatic hydroxyl groups is 1. The van der Waals surface area contributed by atoms with E-state index in [0.717, 1.165) is 33.1 Å². The molecule has 2 N–H and O–H groups in total. The van der Waals surface area contributed by atoms with E-state index in [0.29, 0.717) is 17.5 Å². The number of alkyl halides is 3. The highest BCUT2D eigenvalue weighted by Gasteiger charge is 2.52. The Bertz CT molecular complexity index is 564. The molecule has 1 aromatic rings. The van der Waals surface area contributed by atoms with Gasteiger partial charge in [0.15, 0.2) is 5.60 Å². The minimum Gasteiger partial charge on any atom is -0.375 e. The quantitative estimate of drug-likeness (QED) is 0.859. The van der Waals surface area contributed by atoms with E-state index < -0.39 is 17.5 Å². The maximum Gasteiger partial charge on any atom is 0.422 e. The smallest absolute Gasteiger partial charge is 0.375 e. The number of fused-ring (bicyclic) bond motifs is 1. The van der Waals surface area contributed by atoms with Gasteiger partial charge in [-0.3, -0.25) is 0 Å². The van der Waals surface area contributed by atoms with Crippen LogP contribution in [-0.2, 0) is 5.60 Å². The fourth-order valence-corrected chi connectivity index (χ4v) is 3.11. The summed E-state index contributed by atoms with van der Waals surface area (Å²) < 4.78 is 39.0. The fourth-order valence-electron chi connectivity index (χ4n) is 3.11. The topological polar surface area (TPSA) is 61.3 Å². The molecule has 2 fully saturated rings. The van der Waals surface area contributed by atoms with Crippen LogP contribution in [0.25, 0.3) is 0 Å². The van der Waals surface area contributed by atoms with E-state index in [9.17, 15) is 18.3 Å². The lowest BCUT2D eigenvalue weighted by molar-refractivity contribution is -0.260. The summed E-state index contributed by atoms with van der Waals surface area (Å²) in [5.41, 5.74) is -2.97. The van der Waals surface area contributed by atoms with Gasteiger partial charge in [-0.2, -0.15) is 13.2 Å². The van der Waals surface area contributed by atoms with Crippen LogP contribution in [0.4, 0.5) is 19.1 Å². The van der Waals surface area contributed by atoms with Crippen molar-refractivity contribution >= 4 is 5.95 Å². The second-order valence-corrected chi connectivity index (χ2v) is 6.35. The van der Waals surface area contributed by atoms with Crippen molar-refractivity contribution < 1.29 is 18.3 Å². The number of nitrogens with zero attached hydrogens (tertiary/aromatic N) is 3. The van der Waals surface area contributed by atoms with E-state index in [1.165, 1.54) is 6.07 Å². The molecule has 0 spiro atoms. The van der Waals surface area contributed by atoms with Crippen LogP contribution in [0, 0.1) is 18.8 Å². The average molecular weight is 316 g/mol. The van der Waals surface area contributed by atoms with Crippen LogP contribution < -0.4 is 10.2 Å². The normalized spacial score (nSPS) is 27.8. The molecule has 1 unspecified atom stereocenters. The van der Waals surface area contributed by atoms with Gasteiger partial charge in [0.1, 0.15) is 0 Å².